The minimum absolute atomic E-state index is 0.133. The molecule has 0 aliphatic rings. The van der Waals surface area contributed by atoms with Crippen molar-refractivity contribution in [3.8, 4) is 11.5 Å². The number of fused-ring (bicyclic) bond motifs is 1. The summed E-state index contributed by atoms with van der Waals surface area (Å²) in [5.74, 6) is 0.306. The Morgan fingerprint density at radius 2 is 1.78 bits per heavy atom. The molecule has 0 unspecified atom stereocenters. The number of alkyl halides is 3. The standard InChI is InChI=1S/C26H26F3N5O3/c1-25(2,3)37-24(35)32-21(12-16-4-8-20(9-5-16)26(27,28)29)15-31-23-34-33-22(36-23)18-6-7-19-14-30-11-10-17(19)13-18/h4-11,13-14,21H,12,15H2,1-3H3,(H,31,34)(H,32,35)/t21-/m1/s1. The predicted molar refractivity (Wildman–Crippen MR) is 132 cm³/mol. The molecule has 4 aromatic rings. The third-order valence-corrected chi connectivity index (χ3v) is 5.30. The second-order valence-corrected chi connectivity index (χ2v) is 9.47. The van der Waals surface area contributed by atoms with Gasteiger partial charge in [-0.15, -0.1) is 5.10 Å². The lowest BCUT2D eigenvalue weighted by molar-refractivity contribution is -0.137. The molecule has 2 aromatic heterocycles. The van der Waals surface area contributed by atoms with Crippen LogP contribution in [0.1, 0.15) is 31.9 Å². The van der Waals surface area contributed by atoms with Crippen LogP contribution in [0.2, 0.25) is 0 Å². The van der Waals surface area contributed by atoms with Crippen molar-refractivity contribution in [3.63, 3.8) is 0 Å². The van der Waals surface area contributed by atoms with Gasteiger partial charge in [-0.3, -0.25) is 4.98 Å². The fourth-order valence-electron chi connectivity index (χ4n) is 3.60. The van der Waals surface area contributed by atoms with Crippen LogP contribution < -0.4 is 10.6 Å². The van der Waals surface area contributed by atoms with Gasteiger partial charge in [0.05, 0.1) is 11.6 Å². The highest BCUT2D eigenvalue weighted by Crippen LogP contribution is 2.29. The van der Waals surface area contributed by atoms with Crippen LogP contribution in [0.5, 0.6) is 0 Å². The highest BCUT2D eigenvalue weighted by molar-refractivity contribution is 5.85. The van der Waals surface area contributed by atoms with Gasteiger partial charge in [-0.25, -0.2) is 4.79 Å². The number of carbonyl (C=O) groups excluding carboxylic acids is 1. The molecule has 8 nitrogen and oxygen atoms in total. The average Bonchev–Trinajstić information content (AvgIpc) is 3.30. The number of alkyl carbamates (subject to hydrolysis) is 1. The summed E-state index contributed by atoms with van der Waals surface area (Å²) in [6, 6.07) is 11.9. The topological polar surface area (TPSA) is 102 Å². The largest absolute Gasteiger partial charge is 0.444 e. The summed E-state index contributed by atoms with van der Waals surface area (Å²) in [6.45, 7) is 5.36. The number of hydrogen-bond donors (Lipinski definition) is 2. The molecular formula is C26H26F3N5O3. The maximum Gasteiger partial charge on any atom is 0.416 e. The van der Waals surface area contributed by atoms with Gasteiger partial charge in [-0.05, 0) is 68.5 Å². The Hall–Kier alpha value is -4.15. The van der Waals surface area contributed by atoms with Crippen molar-refractivity contribution in [2.24, 2.45) is 0 Å². The minimum atomic E-state index is -4.42. The molecule has 2 heterocycles. The quantitative estimate of drug-likeness (QED) is 0.320. The third kappa shape index (κ3) is 7.18. The number of carbonyl (C=O) groups is 1. The maximum absolute atomic E-state index is 12.9. The molecule has 0 saturated carbocycles. The SMILES string of the molecule is CC(C)(C)OC(=O)N[C@@H](CNc1nnc(-c2ccc3cnccc3c2)o1)Cc1ccc(C(F)(F)F)cc1. The number of ether oxygens (including phenoxy) is 1. The van der Waals surface area contributed by atoms with Gasteiger partial charge in [0.1, 0.15) is 5.60 Å². The van der Waals surface area contributed by atoms with Crippen molar-refractivity contribution in [3.05, 3.63) is 72.1 Å². The van der Waals surface area contributed by atoms with Crippen LogP contribution in [-0.2, 0) is 17.3 Å². The van der Waals surface area contributed by atoms with Crippen molar-refractivity contribution < 1.29 is 27.1 Å². The molecule has 11 heteroatoms. The van der Waals surface area contributed by atoms with Crippen molar-refractivity contribution in [2.45, 2.75) is 45.0 Å². The van der Waals surface area contributed by atoms with E-state index in [9.17, 15) is 18.0 Å². The molecule has 0 bridgehead atoms. The second kappa shape index (κ2) is 10.5. The van der Waals surface area contributed by atoms with E-state index in [4.69, 9.17) is 9.15 Å². The summed E-state index contributed by atoms with van der Waals surface area (Å²) in [6.07, 6.45) is -1.38. The lowest BCUT2D eigenvalue weighted by Gasteiger charge is -2.24. The molecule has 0 saturated heterocycles. The molecule has 4 rings (SSSR count). The zero-order valence-corrected chi connectivity index (χ0v) is 20.5. The summed E-state index contributed by atoms with van der Waals surface area (Å²) in [5, 5.41) is 15.8. The van der Waals surface area contributed by atoms with Crippen LogP contribution in [0.3, 0.4) is 0 Å². The Bertz CT molecular complexity index is 1360. The number of anilines is 1. The lowest BCUT2D eigenvalue weighted by Crippen LogP contribution is -2.43. The van der Waals surface area contributed by atoms with Gasteiger partial charge in [-0.1, -0.05) is 23.3 Å². The zero-order valence-electron chi connectivity index (χ0n) is 20.5. The Morgan fingerprint density at radius 3 is 2.49 bits per heavy atom. The minimum Gasteiger partial charge on any atom is -0.444 e. The van der Waals surface area contributed by atoms with E-state index in [2.05, 4.69) is 25.8 Å². The molecule has 0 aliphatic heterocycles. The molecule has 37 heavy (non-hydrogen) atoms. The summed E-state index contributed by atoms with van der Waals surface area (Å²) in [4.78, 5) is 16.5. The first-order valence-electron chi connectivity index (χ1n) is 11.5. The van der Waals surface area contributed by atoms with Gasteiger partial charge in [0.25, 0.3) is 0 Å². The van der Waals surface area contributed by atoms with Gasteiger partial charge in [0.15, 0.2) is 0 Å². The van der Waals surface area contributed by atoms with Gasteiger partial charge in [0.2, 0.25) is 5.89 Å². The van der Waals surface area contributed by atoms with Crippen molar-refractivity contribution in [1.82, 2.24) is 20.5 Å². The van der Waals surface area contributed by atoms with Gasteiger partial charge in [0, 0.05) is 29.9 Å². The molecule has 2 N–H and O–H groups in total. The Balaban J connectivity index is 1.46. The van der Waals surface area contributed by atoms with E-state index in [-0.39, 0.29) is 19.0 Å². The van der Waals surface area contributed by atoms with Crippen molar-refractivity contribution in [2.75, 3.05) is 11.9 Å². The van der Waals surface area contributed by atoms with Gasteiger partial charge >= 0.3 is 18.3 Å². The van der Waals surface area contributed by atoms with Crippen LogP contribution in [0.4, 0.5) is 24.0 Å². The molecule has 1 amide bonds. The number of aromatic nitrogens is 3. The number of halogens is 3. The molecule has 0 fully saturated rings. The van der Waals surface area contributed by atoms with E-state index in [0.29, 0.717) is 11.5 Å². The van der Waals surface area contributed by atoms with E-state index in [1.54, 1.807) is 33.2 Å². The number of amides is 1. The summed E-state index contributed by atoms with van der Waals surface area (Å²) in [7, 11) is 0. The van der Waals surface area contributed by atoms with Crippen LogP contribution in [0, 0.1) is 0 Å². The first kappa shape index (κ1) is 25.9. The summed E-state index contributed by atoms with van der Waals surface area (Å²) >= 11 is 0. The number of pyridine rings is 1. The molecule has 2 aromatic carbocycles. The maximum atomic E-state index is 12.9. The van der Waals surface area contributed by atoms with E-state index in [1.807, 2.05) is 24.3 Å². The summed E-state index contributed by atoms with van der Waals surface area (Å²) in [5.41, 5.74) is -0.122. The highest BCUT2D eigenvalue weighted by atomic mass is 19.4. The van der Waals surface area contributed by atoms with Gasteiger partial charge < -0.3 is 19.8 Å². The van der Waals surface area contributed by atoms with Crippen LogP contribution >= 0.6 is 0 Å². The van der Waals surface area contributed by atoms with Crippen LogP contribution in [0.15, 0.2) is 65.3 Å². The van der Waals surface area contributed by atoms with Crippen molar-refractivity contribution in [1.29, 1.82) is 0 Å². The van der Waals surface area contributed by atoms with E-state index in [1.165, 1.54) is 12.1 Å². The van der Waals surface area contributed by atoms with E-state index in [0.717, 1.165) is 28.5 Å². The van der Waals surface area contributed by atoms with Gasteiger partial charge in [-0.2, -0.15) is 13.2 Å². The number of hydrogen-bond acceptors (Lipinski definition) is 7. The van der Waals surface area contributed by atoms with Crippen molar-refractivity contribution >= 4 is 22.9 Å². The first-order valence-corrected chi connectivity index (χ1v) is 11.5. The number of nitrogens with one attached hydrogen (secondary N) is 2. The molecule has 194 valence electrons. The first-order chi connectivity index (χ1) is 17.5. The monoisotopic (exact) mass is 513 g/mol. The van der Waals surface area contributed by atoms with E-state index >= 15 is 0 Å². The molecule has 0 aliphatic carbocycles. The average molecular weight is 514 g/mol. The molecular weight excluding hydrogens is 487 g/mol. The number of rotatable bonds is 7. The molecule has 1 atom stereocenters. The number of nitrogens with zero attached hydrogens (tertiary/aromatic N) is 3. The molecule has 0 spiro atoms. The Labute approximate surface area is 211 Å². The van der Waals surface area contributed by atoms with Crippen LogP contribution in [0.25, 0.3) is 22.2 Å². The van der Waals surface area contributed by atoms with E-state index < -0.39 is 29.5 Å². The third-order valence-electron chi connectivity index (χ3n) is 5.30. The smallest absolute Gasteiger partial charge is 0.416 e. The fraction of sp³-hybridized carbons (Fsp3) is 0.308. The fourth-order valence-corrected chi connectivity index (χ4v) is 3.60. The predicted octanol–water partition coefficient (Wildman–Crippen LogP) is 5.85. The zero-order chi connectivity index (χ0) is 26.6. The normalized spacial score (nSPS) is 12.8. The van der Waals surface area contributed by atoms with Crippen LogP contribution in [-0.4, -0.2) is 39.5 Å². The lowest BCUT2D eigenvalue weighted by atomic mass is 10.0. The summed E-state index contributed by atoms with van der Waals surface area (Å²) < 4.78 is 49.8. The second-order valence-electron chi connectivity index (χ2n) is 9.47. The Morgan fingerprint density at radius 1 is 1.03 bits per heavy atom. The number of benzene rings is 2. The molecule has 0 radical (unpaired) electrons. The Kier molecular flexibility index (Phi) is 7.33. The highest BCUT2D eigenvalue weighted by Gasteiger charge is 2.30.